The predicted molar refractivity (Wildman–Crippen MR) is 87.1 cm³/mol. The molecule has 0 saturated heterocycles. The highest BCUT2D eigenvalue weighted by Gasteiger charge is 2.32. The zero-order chi connectivity index (χ0) is 18.0. The van der Waals surface area contributed by atoms with E-state index in [0.717, 1.165) is 31.4 Å². The van der Waals surface area contributed by atoms with E-state index in [1.807, 2.05) is 0 Å². The van der Waals surface area contributed by atoms with E-state index in [9.17, 15) is 18.0 Å². The molecule has 1 aromatic carbocycles. The Morgan fingerprint density at radius 1 is 1.36 bits per heavy atom. The quantitative estimate of drug-likeness (QED) is 0.887. The summed E-state index contributed by atoms with van der Waals surface area (Å²) in [5.41, 5.74) is 5.67. The average Bonchev–Trinajstić information content (AvgIpc) is 3.23. The summed E-state index contributed by atoms with van der Waals surface area (Å²) in [4.78, 5) is 12.4. The Kier molecular flexibility index (Phi) is 4.80. The number of nitrogens with zero attached hydrogens (tertiary/aromatic N) is 2. The average molecular weight is 352 g/mol. The van der Waals surface area contributed by atoms with Crippen LogP contribution in [-0.4, -0.2) is 22.2 Å². The highest BCUT2D eigenvalue weighted by atomic mass is 19.4. The third-order valence-corrected chi connectivity index (χ3v) is 4.59. The summed E-state index contributed by atoms with van der Waals surface area (Å²) in [5.74, 6) is -0.0584. The van der Waals surface area contributed by atoms with Gasteiger partial charge in [-0.3, -0.25) is 4.79 Å². The van der Waals surface area contributed by atoms with Crippen molar-refractivity contribution in [3.63, 3.8) is 0 Å². The van der Waals surface area contributed by atoms with Crippen molar-refractivity contribution in [1.82, 2.24) is 9.78 Å². The number of halogens is 3. The lowest BCUT2D eigenvalue weighted by atomic mass is 9.95. The largest absolute Gasteiger partial charge is 0.416 e. The van der Waals surface area contributed by atoms with Gasteiger partial charge in [0, 0.05) is 5.92 Å². The Hall–Kier alpha value is -2.35. The normalized spacial score (nSPS) is 20.6. The number of amides is 1. The Bertz CT molecular complexity index is 756. The Balaban J connectivity index is 1.74. The number of anilines is 1. The zero-order valence-corrected chi connectivity index (χ0v) is 13.5. The molecule has 1 amide bonds. The van der Waals surface area contributed by atoms with E-state index in [-0.39, 0.29) is 23.4 Å². The fourth-order valence-corrected chi connectivity index (χ4v) is 3.25. The second-order valence-corrected chi connectivity index (χ2v) is 6.24. The smallest absolute Gasteiger partial charge is 0.330 e. The number of aromatic nitrogens is 2. The van der Waals surface area contributed by atoms with Gasteiger partial charge in [0.15, 0.2) is 0 Å². The predicted octanol–water partition coefficient (Wildman–Crippen LogP) is 3.20. The minimum absolute atomic E-state index is 0.114. The molecule has 0 unspecified atom stereocenters. The molecule has 1 aliphatic rings. The van der Waals surface area contributed by atoms with Crippen molar-refractivity contribution >= 4 is 11.6 Å². The summed E-state index contributed by atoms with van der Waals surface area (Å²) < 4.78 is 39.7. The lowest BCUT2D eigenvalue weighted by Gasteiger charge is -2.16. The first-order valence-electron chi connectivity index (χ1n) is 8.11. The maximum absolute atomic E-state index is 12.8. The summed E-state index contributed by atoms with van der Waals surface area (Å²) >= 11 is 0. The SMILES string of the molecule is NC[C@H]1CCC[C@H]1C(=O)Nc1cnn(-c2cccc(C(F)(F)F)c2)c1. The van der Waals surface area contributed by atoms with Crippen LogP contribution < -0.4 is 11.1 Å². The van der Waals surface area contributed by atoms with Crippen LogP contribution in [0.15, 0.2) is 36.7 Å². The number of alkyl halides is 3. The van der Waals surface area contributed by atoms with Gasteiger partial charge in [0.1, 0.15) is 0 Å². The minimum atomic E-state index is -4.42. The highest BCUT2D eigenvalue weighted by molar-refractivity contribution is 5.92. The third kappa shape index (κ3) is 3.84. The van der Waals surface area contributed by atoms with Crippen molar-refractivity contribution in [2.75, 3.05) is 11.9 Å². The van der Waals surface area contributed by atoms with Gasteiger partial charge >= 0.3 is 6.18 Å². The fourth-order valence-electron chi connectivity index (χ4n) is 3.25. The molecule has 5 nitrogen and oxygen atoms in total. The molecule has 3 rings (SSSR count). The maximum Gasteiger partial charge on any atom is 0.416 e. The molecule has 1 aliphatic carbocycles. The van der Waals surface area contributed by atoms with E-state index in [2.05, 4.69) is 10.4 Å². The summed E-state index contributed by atoms with van der Waals surface area (Å²) in [6, 6.07) is 4.86. The summed E-state index contributed by atoms with van der Waals surface area (Å²) in [6.07, 6.45) is 1.22. The molecule has 1 heterocycles. The van der Waals surface area contributed by atoms with Gasteiger partial charge < -0.3 is 11.1 Å². The molecular weight excluding hydrogens is 333 g/mol. The topological polar surface area (TPSA) is 72.9 Å². The minimum Gasteiger partial charge on any atom is -0.330 e. The third-order valence-electron chi connectivity index (χ3n) is 4.59. The van der Waals surface area contributed by atoms with E-state index in [1.165, 1.54) is 29.2 Å². The standard InChI is InChI=1S/C17H19F3N4O/c18-17(19,20)12-4-2-5-14(7-12)24-10-13(9-22-24)23-16(25)15-6-1-3-11(15)8-21/h2,4-5,7,9-11,15H,1,3,6,8,21H2,(H,23,25)/t11-,15-/m1/s1. The molecule has 8 heteroatoms. The van der Waals surface area contributed by atoms with E-state index < -0.39 is 11.7 Å². The number of hydrogen-bond donors (Lipinski definition) is 2. The molecule has 2 aromatic rings. The molecule has 0 bridgehead atoms. The van der Waals surface area contributed by atoms with Crippen LogP contribution in [0.3, 0.4) is 0 Å². The van der Waals surface area contributed by atoms with Gasteiger partial charge in [-0.2, -0.15) is 18.3 Å². The van der Waals surface area contributed by atoms with Gasteiger partial charge in [0.25, 0.3) is 0 Å². The maximum atomic E-state index is 12.8. The Labute approximate surface area is 143 Å². The van der Waals surface area contributed by atoms with Crippen LogP contribution >= 0.6 is 0 Å². The fraction of sp³-hybridized carbons (Fsp3) is 0.412. The monoisotopic (exact) mass is 352 g/mol. The number of hydrogen-bond acceptors (Lipinski definition) is 3. The molecule has 2 atom stereocenters. The number of carbonyl (C=O) groups excluding carboxylic acids is 1. The molecule has 0 aliphatic heterocycles. The molecule has 134 valence electrons. The van der Waals surface area contributed by atoms with Crippen LogP contribution in [0.4, 0.5) is 18.9 Å². The molecule has 0 spiro atoms. The first kappa shape index (κ1) is 17.5. The van der Waals surface area contributed by atoms with Gasteiger partial charge in [0.05, 0.1) is 29.3 Å². The van der Waals surface area contributed by atoms with Gasteiger partial charge in [-0.05, 0) is 43.5 Å². The van der Waals surface area contributed by atoms with Crippen LogP contribution in [0, 0.1) is 11.8 Å². The number of rotatable bonds is 4. The zero-order valence-electron chi connectivity index (χ0n) is 13.5. The second kappa shape index (κ2) is 6.87. The van der Waals surface area contributed by atoms with Crippen molar-refractivity contribution in [3.8, 4) is 5.69 Å². The van der Waals surface area contributed by atoms with Gasteiger partial charge in [0.2, 0.25) is 5.91 Å². The molecule has 0 radical (unpaired) electrons. The first-order valence-corrected chi connectivity index (χ1v) is 8.11. The molecule has 3 N–H and O–H groups in total. The summed E-state index contributed by atoms with van der Waals surface area (Å²) in [6.45, 7) is 0.474. The van der Waals surface area contributed by atoms with E-state index in [0.29, 0.717) is 12.2 Å². The molecule has 1 fully saturated rings. The van der Waals surface area contributed by atoms with Crippen molar-refractivity contribution in [1.29, 1.82) is 0 Å². The molecule has 25 heavy (non-hydrogen) atoms. The summed E-state index contributed by atoms with van der Waals surface area (Å²) in [7, 11) is 0. The van der Waals surface area contributed by atoms with Crippen molar-refractivity contribution in [2.45, 2.75) is 25.4 Å². The number of carbonyl (C=O) groups is 1. The molecule has 1 saturated carbocycles. The molecule has 1 aromatic heterocycles. The Morgan fingerprint density at radius 2 is 2.16 bits per heavy atom. The molecular formula is C17H19F3N4O. The summed E-state index contributed by atoms with van der Waals surface area (Å²) in [5, 5.41) is 6.82. The van der Waals surface area contributed by atoms with Crippen LogP contribution in [0.1, 0.15) is 24.8 Å². The number of nitrogens with two attached hydrogens (primary N) is 1. The van der Waals surface area contributed by atoms with E-state index >= 15 is 0 Å². The van der Waals surface area contributed by atoms with Crippen LogP contribution in [0.2, 0.25) is 0 Å². The highest BCUT2D eigenvalue weighted by Crippen LogP contribution is 2.32. The Morgan fingerprint density at radius 3 is 2.88 bits per heavy atom. The van der Waals surface area contributed by atoms with Crippen molar-refractivity contribution in [2.24, 2.45) is 17.6 Å². The van der Waals surface area contributed by atoms with Crippen LogP contribution in [-0.2, 0) is 11.0 Å². The number of nitrogens with one attached hydrogen (secondary N) is 1. The van der Waals surface area contributed by atoms with Gasteiger partial charge in [-0.15, -0.1) is 0 Å². The van der Waals surface area contributed by atoms with E-state index in [4.69, 9.17) is 5.73 Å². The van der Waals surface area contributed by atoms with Crippen molar-refractivity contribution in [3.05, 3.63) is 42.2 Å². The number of benzene rings is 1. The van der Waals surface area contributed by atoms with Gasteiger partial charge in [-0.1, -0.05) is 12.5 Å². The lowest BCUT2D eigenvalue weighted by molar-refractivity contribution is -0.137. The second-order valence-electron chi connectivity index (χ2n) is 6.24. The van der Waals surface area contributed by atoms with E-state index in [1.54, 1.807) is 0 Å². The lowest BCUT2D eigenvalue weighted by Crippen LogP contribution is -2.29. The van der Waals surface area contributed by atoms with Crippen LogP contribution in [0.5, 0.6) is 0 Å². The van der Waals surface area contributed by atoms with Crippen LogP contribution in [0.25, 0.3) is 5.69 Å². The first-order chi connectivity index (χ1) is 11.9. The van der Waals surface area contributed by atoms with Gasteiger partial charge in [-0.25, -0.2) is 4.68 Å². The van der Waals surface area contributed by atoms with Crippen molar-refractivity contribution < 1.29 is 18.0 Å².